The summed E-state index contributed by atoms with van der Waals surface area (Å²) in [5, 5.41) is 6.34. The summed E-state index contributed by atoms with van der Waals surface area (Å²) in [6, 6.07) is 10.6. The van der Waals surface area contributed by atoms with E-state index in [0.717, 1.165) is 10.7 Å². The van der Waals surface area contributed by atoms with Crippen LogP contribution in [0.25, 0.3) is 11.5 Å². The van der Waals surface area contributed by atoms with E-state index >= 15 is 0 Å². The molecule has 1 aromatic carbocycles. The number of ether oxygens (including phenoxy) is 1. The van der Waals surface area contributed by atoms with Crippen molar-refractivity contribution in [1.82, 2.24) is 10.3 Å². The monoisotopic (exact) mass is 376 g/mol. The van der Waals surface area contributed by atoms with Crippen LogP contribution in [0, 0.1) is 6.92 Å². The smallest absolute Gasteiger partial charge is 0.261 e. The topological polar surface area (TPSA) is 64.4 Å². The Morgan fingerprint density at radius 3 is 2.76 bits per heavy atom. The summed E-state index contributed by atoms with van der Waals surface area (Å²) < 4.78 is 11.3. The highest BCUT2D eigenvalue weighted by Gasteiger charge is 2.15. The van der Waals surface area contributed by atoms with E-state index in [1.54, 1.807) is 42.5 Å². The van der Waals surface area contributed by atoms with Crippen molar-refractivity contribution in [2.24, 2.45) is 0 Å². The number of hydrogen-bond acceptors (Lipinski definition) is 5. The Hall–Kier alpha value is -2.31. The fourth-order valence-electron chi connectivity index (χ4n) is 2.18. The Labute approximate surface area is 154 Å². The van der Waals surface area contributed by atoms with Crippen molar-refractivity contribution in [1.29, 1.82) is 0 Å². The van der Waals surface area contributed by atoms with E-state index in [1.807, 2.05) is 24.4 Å². The number of carbonyl (C=O) groups excluding carboxylic acids is 1. The van der Waals surface area contributed by atoms with Gasteiger partial charge in [0.05, 0.1) is 11.6 Å². The molecule has 0 aliphatic heterocycles. The molecule has 1 N–H and O–H groups in total. The average Bonchev–Trinajstić information content (AvgIpc) is 3.23. The quantitative estimate of drug-likeness (QED) is 0.690. The molecule has 3 aromatic rings. The lowest BCUT2D eigenvalue weighted by Crippen LogP contribution is -2.35. The maximum atomic E-state index is 12.2. The highest BCUT2D eigenvalue weighted by atomic mass is 35.5. The summed E-state index contributed by atoms with van der Waals surface area (Å²) in [6.07, 6.45) is -0.628. The van der Waals surface area contributed by atoms with Crippen LogP contribution in [0.5, 0.6) is 5.75 Å². The second-order valence-electron chi connectivity index (χ2n) is 5.45. The van der Waals surface area contributed by atoms with E-state index < -0.39 is 6.10 Å². The van der Waals surface area contributed by atoms with Gasteiger partial charge in [-0.2, -0.15) is 0 Å². The SMILES string of the molecule is Cc1nc(-c2ccc(CNC(=O)[C@H](C)Oc3ccc(Cl)cc3)o2)cs1. The molecule has 1 atom stereocenters. The first kappa shape index (κ1) is 17.5. The van der Waals surface area contributed by atoms with Crippen LogP contribution in [0.4, 0.5) is 0 Å². The van der Waals surface area contributed by atoms with E-state index in [4.69, 9.17) is 20.8 Å². The van der Waals surface area contributed by atoms with Crippen molar-refractivity contribution in [2.45, 2.75) is 26.5 Å². The fourth-order valence-corrected chi connectivity index (χ4v) is 2.90. The van der Waals surface area contributed by atoms with Gasteiger partial charge < -0.3 is 14.5 Å². The molecule has 25 heavy (non-hydrogen) atoms. The lowest BCUT2D eigenvalue weighted by Gasteiger charge is -2.14. The lowest BCUT2D eigenvalue weighted by atomic mass is 10.3. The van der Waals surface area contributed by atoms with Crippen molar-refractivity contribution in [3.05, 3.63) is 57.6 Å². The summed E-state index contributed by atoms with van der Waals surface area (Å²) in [7, 11) is 0. The third-order valence-electron chi connectivity index (χ3n) is 3.47. The molecular weight excluding hydrogens is 360 g/mol. The third kappa shape index (κ3) is 4.61. The molecule has 0 saturated carbocycles. The molecule has 5 nitrogen and oxygen atoms in total. The number of nitrogens with one attached hydrogen (secondary N) is 1. The molecule has 0 radical (unpaired) electrons. The Bertz CT molecular complexity index is 857. The third-order valence-corrected chi connectivity index (χ3v) is 4.49. The zero-order valence-electron chi connectivity index (χ0n) is 13.8. The van der Waals surface area contributed by atoms with Gasteiger partial charge >= 0.3 is 0 Å². The normalized spacial score (nSPS) is 12.0. The van der Waals surface area contributed by atoms with Crippen molar-refractivity contribution in [3.8, 4) is 17.2 Å². The maximum absolute atomic E-state index is 12.2. The molecule has 1 amide bonds. The first-order valence-electron chi connectivity index (χ1n) is 7.72. The molecule has 0 saturated heterocycles. The van der Waals surface area contributed by atoms with Crippen molar-refractivity contribution >= 4 is 28.8 Å². The second kappa shape index (κ2) is 7.72. The first-order valence-corrected chi connectivity index (χ1v) is 8.98. The summed E-state index contributed by atoms with van der Waals surface area (Å²) in [4.78, 5) is 16.5. The first-order chi connectivity index (χ1) is 12.0. The molecule has 2 heterocycles. The number of halogens is 1. The van der Waals surface area contributed by atoms with Gasteiger partial charge in [-0.1, -0.05) is 11.6 Å². The Morgan fingerprint density at radius 2 is 2.08 bits per heavy atom. The summed E-state index contributed by atoms with van der Waals surface area (Å²) in [5.41, 5.74) is 0.805. The maximum Gasteiger partial charge on any atom is 0.261 e. The Balaban J connectivity index is 1.53. The molecule has 7 heteroatoms. The molecule has 0 spiro atoms. The van der Waals surface area contributed by atoms with Crippen molar-refractivity contribution < 1.29 is 13.9 Å². The molecule has 0 aliphatic carbocycles. The van der Waals surface area contributed by atoms with Crippen LogP contribution >= 0.6 is 22.9 Å². The fraction of sp³-hybridized carbons (Fsp3) is 0.222. The molecular formula is C18H17ClN2O3S. The summed E-state index contributed by atoms with van der Waals surface area (Å²) in [6.45, 7) is 3.92. The number of carbonyl (C=O) groups is 1. The number of nitrogens with zero attached hydrogens (tertiary/aromatic N) is 1. The minimum Gasteiger partial charge on any atom is -0.481 e. The van der Waals surface area contributed by atoms with Crippen LogP contribution < -0.4 is 10.1 Å². The number of benzene rings is 1. The number of aromatic nitrogens is 1. The molecule has 0 aliphatic rings. The van der Waals surface area contributed by atoms with E-state index in [2.05, 4.69) is 10.3 Å². The number of aryl methyl sites for hydroxylation is 1. The minimum atomic E-state index is -0.628. The van der Waals surface area contributed by atoms with Crippen LogP contribution in [0.3, 0.4) is 0 Å². The van der Waals surface area contributed by atoms with Crippen LogP contribution in [0.2, 0.25) is 5.02 Å². The van der Waals surface area contributed by atoms with Crippen LogP contribution in [0.1, 0.15) is 17.7 Å². The van der Waals surface area contributed by atoms with Gasteiger partial charge in [-0.05, 0) is 50.2 Å². The van der Waals surface area contributed by atoms with Gasteiger partial charge in [0.15, 0.2) is 11.9 Å². The van der Waals surface area contributed by atoms with Gasteiger partial charge in [0.25, 0.3) is 5.91 Å². The van der Waals surface area contributed by atoms with Gasteiger partial charge in [0.1, 0.15) is 17.2 Å². The van der Waals surface area contributed by atoms with Gasteiger partial charge in [-0.15, -0.1) is 11.3 Å². The predicted molar refractivity (Wildman–Crippen MR) is 97.9 cm³/mol. The lowest BCUT2D eigenvalue weighted by molar-refractivity contribution is -0.127. The van der Waals surface area contributed by atoms with E-state index in [0.29, 0.717) is 22.3 Å². The number of thiazole rings is 1. The average molecular weight is 377 g/mol. The number of furan rings is 1. The zero-order valence-corrected chi connectivity index (χ0v) is 15.4. The van der Waals surface area contributed by atoms with E-state index in [9.17, 15) is 4.79 Å². The summed E-state index contributed by atoms with van der Waals surface area (Å²) >= 11 is 7.39. The van der Waals surface area contributed by atoms with Crippen molar-refractivity contribution in [3.63, 3.8) is 0 Å². The van der Waals surface area contributed by atoms with Crippen LogP contribution in [0.15, 0.2) is 46.2 Å². The Morgan fingerprint density at radius 1 is 1.32 bits per heavy atom. The Kier molecular flexibility index (Phi) is 5.40. The summed E-state index contributed by atoms with van der Waals surface area (Å²) in [5.74, 6) is 1.72. The molecule has 0 bridgehead atoms. The highest BCUT2D eigenvalue weighted by molar-refractivity contribution is 7.09. The van der Waals surface area contributed by atoms with E-state index in [1.165, 1.54) is 0 Å². The van der Waals surface area contributed by atoms with Crippen LogP contribution in [-0.2, 0) is 11.3 Å². The van der Waals surface area contributed by atoms with E-state index in [-0.39, 0.29) is 12.5 Å². The number of hydrogen-bond donors (Lipinski definition) is 1. The molecule has 2 aromatic heterocycles. The molecule has 0 fully saturated rings. The largest absolute Gasteiger partial charge is 0.481 e. The van der Waals surface area contributed by atoms with Gasteiger partial charge in [-0.3, -0.25) is 4.79 Å². The minimum absolute atomic E-state index is 0.225. The van der Waals surface area contributed by atoms with Crippen LogP contribution in [-0.4, -0.2) is 17.0 Å². The number of amides is 1. The second-order valence-corrected chi connectivity index (χ2v) is 6.95. The predicted octanol–water partition coefficient (Wildman–Crippen LogP) is 4.45. The molecule has 3 rings (SSSR count). The molecule has 0 unspecified atom stereocenters. The standard InChI is InChI=1S/C18H17ClN2O3S/c1-11(23-14-5-3-13(19)4-6-14)18(22)20-9-15-7-8-17(24-15)16-10-25-12(2)21-16/h3-8,10-11H,9H2,1-2H3,(H,20,22)/t11-/m0/s1. The van der Waals surface area contributed by atoms with Gasteiger partial charge in [0, 0.05) is 10.4 Å². The van der Waals surface area contributed by atoms with Gasteiger partial charge in [-0.25, -0.2) is 4.98 Å². The molecule has 130 valence electrons. The number of rotatable bonds is 6. The highest BCUT2D eigenvalue weighted by Crippen LogP contribution is 2.23. The van der Waals surface area contributed by atoms with Crippen molar-refractivity contribution in [2.75, 3.05) is 0 Å². The van der Waals surface area contributed by atoms with Gasteiger partial charge in [0.2, 0.25) is 0 Å². The zero-order chi connectivity index (χ0) is 17.8.